The van der Waals surface area contributed by atoms with Gasteiger partial charge in [0.15, 0.2) is 0 Å². The quantitative estimate of drug-likeness (QED) is 0.627. The Labute approximate surface area is 113 Å². The van der Waals surface area contributed by atoms with E-state index in [9.17, 15) is 13.2 Å². The van der Waals surface area contributed by atoms with Crippen LogP contribution < -0.4 is 10.6 Å². The van der Waals surface area contributed by atoms with Gasteiger partial charge in [0.05, 0.1) is 29.8 Å². The molecule has 0 unspecified atom stereocenters. The van der Waals surface area contributed by atoms with Crippen molar-refractivity contribution in [3.63, 3.8) is 0 Å². The number of nitrogen functional groups attached to an aromatic ring is 1. The predicted octanol–water partition coefficient (Wildman–Crippen LogP) is 0.536. The largest absolute Gasteiger partial charge is 0.465 e. The monoisotopic (exact) mass is 286 g/mol. The van der Waals surface area contributed by atoms with Gasteiger partial charge in [-0.1, -0.05) is 0 Å². The van der Waals surface area contributed by atoms with E-state index in [0.29, 0.717) is 23.5 Å². The second kappa shape index (κ2) is 5.92. The van der Waals surface area contributed by atoms with Crippen molar-refractivity contribution in [1.29, 1.82) is 0 Å². The maximum absolute atomic E-state index is 11.3. The Morgan fingerprint density at radius 1 is 1.42 bits per heavy atom. The molecule has 0 spiro atoms. The lowest BCUT2D eigenvalue weighted by Gasteiger charge is -2.21. The molecule has 0 saturated carbocycles. The summed E-state index contributed by atoms with van der Waals surface area (Å²) in [5.41, 5.74) is 7.30. The summed E-state index contributed by atoms with van der Waals surface area (Å²) in [5.74, 6) is -0.418. The summed E-state index contributed by atoms with van der Waals surface area (Å²) in [6, 6.07) is 4.77. The first-order chi connectivity index (χ1) is 8.74. The number of nitrogens with two attached hydrogens (primary N) is 1. The Balaban J connectivity index is 2.87. The van der Waals surface area contributed by atoms with Gasteiger partial charge in [0.1, 0.15) is 9.84 Å². The van der Waals surface area contributed by atoms with Crippen molar-refractivity contribution >= 4 is 27.2 Å². The van der Waals surface area contributed by atoms with Gasteiger partial charge >= 0.3 is 5.97 Å². The average Bonchev–Trinajstić information content (AvgIpc) is 2.34. The summed E-state index contributed by atoms with van der Waals surface area (Å²) >= 11 is 0. The zero-order valence-electron chi connectivity index (χ0n) is 11.2. The number of rotatable bonds is 5. The molecule has 0 radical (unpaired) electrons. The molecule has 106 valence electrons. The number of hydrogen-bond acceptors (Lipinski definition) is 6. The lowest BCUT2D eigenvalue weighted by molar-refractivity contribution is 0.0601. The van der Waals surface area contributed by atoms with Crippen molar-refractivity contribution in [2.45, 2.75) is 0 Å². The normalized spacial score (nSPS) is 11.1. The Kier molecular flexibility index (Phi) is 4.77. The summed E-state index contributed by atoms with van der Waals surface area (Å²) in [5, 5.41) is 0. The molecule has 1 rings (SSSR count). The van der Waals surface area contributed by atoms with Crippen molar-refractivity contribution in [2.75, 3.05) is 43.3 Å². The molecule has 6 nitrogen and oxygen atoms in total. The Bertz CT molecular complexity index is 569. The van der Waals surface area contributed by atoms with Crippen LogP contribution in [0.3, 0.4) is 0 Å². The number of hydrogen-bond donors (Lipinski definition) is 1. The van der Waals surface area contributed by atoms with E-state index in [1.54, 1.807) is 24.1 Å². The second-order valence-corrected chi connectivity index (χ2v) is 6.58. The van der Waals surface area contributed by atoms with E-state index in [4.69, 9.17) is 5.73 Å². The summed E-state index contributed by atoms with van der Waals surface area (Å²) in [4.78, 5) is 13.1. The zero-order chi connectivity index (χ0) is 14.6. The van der Waals surface area contributed by atoms with Gasteiger partial charge in [-0.2, -0.15) is 0 Å². The highest BCUT2D eigenvalue weighted by Crippen LogP contribution is 2.23. The summed E-state index contributed by atoms with van der Waals surface area (Å²) in [7, 11) is 0.0188. The van der Waals surface area contributed by atoms with Crippen molar-refractivity contribution < 1.29 is 17.9 Å². The molecule has 19 heavy (non-hydrogen) atoms. The van der Waals surface area contributed by atoms with E-state index in [1.807, 2.05) is 0 Å². The van der Waals surface area contributed by atoms with Crippen LogP contribution in [0.25, 0.3) is 0 Å². The first-order valence-electron chi connectivity index (χ1n) is 5.61. The van der Waals surface area contributed by atoms with Crippen LogP contribution in [-0.4, -0.2) is 47.1 Å². The lowest BCUT2D eigenvalue weighted by atomic mass is 10.1. The summed E-state index contributed by atoms with van der Waals surface area (Å²) < 4.78 is 26.8. The Morgan fingerprint density at radius 3 is 2.53 bits per heavy atom. The highest BCUT2D eigenvalue weighted by atomic mass is 32.2. The van der Waals surface area contributed by atoms with Crippen molar-refractivity contribution in [3.05, 3.63) is 23.8 Å². The molecule has 0 saturated heterocycles. The summed E-state index contributed by atoms with van der Waals surface area (Å²) in [6.45, 7) is 0.334. The van der Waals surface area contributed by atoms with Crippen molar-refractivity contribution in [2.24, 2.45) is 0 Å². The number of methoxy groups -OCH3 is 1. The smallest absolute Gasteiger partial charge is 0.337 e. The molecule has 0 atom stereocenters. The topological polar surface area (TPSA) is 89.7 Å². The fourth-order valence-electron chi connectivity index (χ4n) is 1.57. The highest BCUT2D eigenvalue weighted by molar-refractivity contribution is 7.90. The predicted molar refractivity (Wildman–Crippen MR) is 75.2 cm³/mol. The molecule has 0 aromatic heterocycles. The third kappa shape index (κ3) is 4.44. The molecular formula is C12H18N2O4S. The molecule has 1 aromatic rings. The molecule has 0 aliphatic carbocycles. The van der Waals surface area contributed by atoms with E-state index in [1.165, 1.54) is 19.4 Å². The van der Waals surface area contributed by atoms with Crippen molar-refractivity contribution in [3.8, 4) is 0 Å². The van der Waals surface area contributed by atoms with E-state index in [0.717, 1.165) is 0 Å². The molecule has 0 fully saturated rings. The lowest BCUT2D eigenvalue weighted by Crippen LogP contribution is -2.25. The summed E-state index contributed by atoms with van der Waals surface area (Å²) in [6.07, 6.45) is 1.19. The third-order valence-electron chi connectivity index (χ3n) is 2.66. The van der Waals surface area contributed by atoms with Crippen LogP contribution in [-0.2, 0) is 14.6 Å². The molecule has 0 aliphatic heterocycles. The molecule has 0 bridgehead atoms. The minimum Gasteiger partial charge on any atom is -0.465 e. The minimum atomic E-state index is -3.02. The van der Waals surface area contributed by atoms with Crippen LogP contribution in [0.5, 0.6) is 0 Å². The van der Waals surface area contributed by atoms with Gasteiger partial charge in [-0.15, -0.1) is 0 Å². The number of ether oxygens (including phenoxy) is 1. The maximum atomic E-state index is 11.3. The second-order valence-electron chi connectivity index (χ2n) is 4.32. The van der Waals surface area contributed by atoms with Crippen LogP contribution in [0.15, 0.2) is 18.2 Å². The zero-order valence-corrected chi connectivity index (χ0v) is 12.0. The Morgan fingerprint density at radius 2 is 2.05 bits per heavy atom. The number of sulfone groups is 1. The van der Waals surface area contributed by atoms with Gasteiger partial charge in [-0.05, 0) is 18.2 Å². The maximum Gasteiger partial charge on any atom is 0.337 e. The van der Waals surface area contributed by atoms with Gasteiger partial charge < -0.3 is 15.4 Å². The molecular weight excluding hydrogens is 268 g/mol. The highest BCUT2D eigenvalue weighted by Gasteiger charge is 2.12. The minimum absolute atomic E-state index is 0.0433. The fraction of sp³-hybridized carbons (Fsp3) is 0.417. The third-order valence-corrected chi connectivity index (χ3v) is 3.58. The molecule has 0 heterocycles. The van der Waals surface area contributed by atoms with Crippen LogP contribution >= 0.6 is 0 Å². The van der Waals surface area contributed by atoms with Crippen LogP contribution in [0, 0.1) is 0 Å². The SMILES string of the molecule is COC(=O)c1ccc(N(C)CCS(C)(=O)=O)c(N)c1. The molecule has 2 N–H and O–H groups in total. The van der Waals surface area contributed by atoms with E-state index in [-0.39, 0.29) is 5.75 Å². The van der Waals surface area contributed by atoms with Crippen LogP contribution in [0.4, 0.5) is 11.4 Å². The number of anilines is 2. The average molecular weight is 286 g/mol. The first kappa shape index (κ1) is 15.3. The van der Waals surface area contributed by atoms with Gasteiger partial charge in [0, 0.05) is 19.8 Å². The van der Waals surface area contributed by atoms with Crippen LogP contribution in [0.2, 0.25) is 0 Å². The van der Waals surface area contributed by atoms with E-state index < -0.39 is 15.8 Å². The standard InChI is InChI=1S/C12H18N2O4S/c1-14(6-7-19(3,16)17)11-5-4-9(8-10(11)13)12(15)18-2/h4-5,8H,6-7,13H2,1-3H3. The number of carbonyl (C=O) groups excluding carboxylic acids is 1. The Hall–Kier alpha value is -1.76. The van der Waals surface area contributed by atoms with Crippen molar-refractivity contribution in [1.82, 2.24) is 0 Å². The van der Waals surface area contributed by atoms with E-state index >= 15 is 0 Å². The number of nitrogens with zero attached hydrogens (tertiary/aromatic N) is 1. The first-order valence-corrected chi connectivity index (χ1v) is 7.67. The molecule has 0 amide bonds. The molecule has 7 heteroatoms. The van der Waals surface area contributed by atoms with Gasteiger partial charge in [-0.25, -0.2) is 13.2 Å². The molecule has 1 aromatic carbocycles. The van der Waals surface area contributed by atoms with Gasteiger partial charge in [0.2, 0.25) is 0 Å². The van der Waals surface area contributed by atoms with Gasteiger partial charge in [-0.3, -0.25) is 0 Å². The number of esters is 1. The number of carbonyl (C=O) groups is 1. The van der Waals surface area contributed by atoms with Crippen LogP contribution in [0.1, 0.15) is 10.4 Å². The fourth-order valence-corrected chi connectivity index (χ4v) is 2.18. The van der Waals surface area contributed by atoms with Gasteiger partial charge in [0.25, 0.3) is 0 Å². The molecule has 0 aliphatic rings. The van der Waals surface area contributed by atoms with E-state index in [2.05, 4.69) is 4.74 Å². The number of benzene rings is 1.